The lowest BCUT2D eigenvalue weighted by molar-refractivity contribution is -0.754. The summed E-state index contributed by atoms with van der Waals surface area (Å²) in [7, 11) is 0. The van der Waals surface area contributed by atoms with Crippen LogP contribution >= 0.6 is 0 Å². The maximum absolute atomic E-state index is 5.89. The molecule has 4 heterocycles. The molecule has 0 saturated carbocycles. The Bertz CT molecular complexity index is 740. The minimum atomic E-state index is -0.198. The number of ether oxygens (including phenoxy) is 2. The number of fused-ring (bicyclic) bond motifs is 2. The second kappa shape index (κ2) is 3.94. The molecule has 0 bridgehead atoms. The Morgan fingerprint density at radius 1 is 1.37 bits per heavy atom. The van der Waals surface area contributed by atoms with Gasteiger partial charge in [0, 0.05) is 12.3 Å². The van der Waals surface area contributed by atoms with Gasteiger partial charge in [0.15, 0.2) is 24.8 Å². The van der Waals surface area contributed by atoms with E-state index in [2.05, 4.69) is 15.2 Å². The molecular weight excluding hydrogens is 244 g/mol. The van der Waals surface area contributed by atoms with Crippen molar-refractivity contribution in [1.82, 2.24) is 15.2 Å². The first-order valence-corrected chi connectivity index (χ1v) is 5.98. The maximum atomic E-state index is 5.89. The van der Waals surface area contributed by atoms with Crippen LogP contribution in [0.1, 0.15) is 6.23 Å². The summed E-state index contributed by atoms with van der Waals surface area (Å²) in [4.78, 5) is 4.12. The first-order chi connectivity index (χ1) is 9.40. The number of nitrogens with one attached hydrogen (secondary N) is 1. The molecular formula is C13H11N4O2+. The molecule has 0 aromatic carbocycles. The van der Waals surface area contributed by atoms with Gasteiger partial charge in [0.1, 0.15) is 0 Å². The quantitative estimate of drug-likeness (QED) is 0.664. The fraction of sp³-hybridized carbons (Fsp3) is 0.154. The summed E-state index contributed by atoms with van der Waals surface area (Å²) in [5.41, 5.74) is 0.995. The Hall–Kier alpha value is -2.63. The Kier molecular flexibility index (Phi) is 2.14. The number of aromatic nitrogens is 4. The highest BCUT2D eigenvalue weighted by atomic mass is 16.6. The molecule has 6 nitrogen and oxygen atoms in total. The van der Waals surface area contributed by atoms with Crippen molar-refractivity contribution in [2.45, 2.75) is 6.23 Å². The van der Waals surface area contributed by atoms with E-state index in [4.69, 9.17) is 9.47 Å². The Balaban J connectivity index is 1.70. The van der Waals surface area contributed by atoms with Crippen LogP contribution in [0.25, 0.3) is 10.9 Å². The molecule has 0 saturated heterocycles. The third kappa shape index (κ3) is 1.69. The molecule has 0 aliphatic carbocycles. The molecule has 0 radical (unpaired) electrons. The molecule has 1 N–H and O–H groups in total. The average molecular weight is 255 g/mol. The van der Waals surface area contributed by atoms with Gasteiger partial charge in [0.25, 0.3) is 5.88 Å². The minimum Gasteiger partial charge on any atom is -0.464 e. The molecule has 1 unspecified atom stereocenters. The van der Waals surface area contributed by atoms with Crippen molar-refractivity contribution in [1.29, 1.82) is 0 Å². The molecule has 19 heavy (non-hydrogen) atoms. The maximum Gasteiger partial charge on any atom is 0.336 e. The number of rotatable bonds is 1. The second-order valence-corrected chi connectivity index (χ2v) is 4.32. The van der Waals surface area contributed by atoms with E-state index in [1.165, 1.54) is 0 Å². The molecule has 0 spiro atoms. The summed E-state index contributed by atoms with van der Waals surface area (Å²) in [6.45, 7) is 0.429. The van der Waals surface area contributed by atoms with Crippen molar-refractivity contribution in [2.75, 3.05) is 6.61 Å². The fourth-order valence-corrected chi connectivity index (χ4v) is 2.14. The predicted molar refractivity (Wildman–Crippen MR) is 65.7 cm³/mol. The van der Waals surface area contributed by atoms with Crippen molar-refractivity contribution in [2.24, 2.45) is 0 Å². The van der Waals surface area contributed by atoms with Gasteiger partial charge < -0.3 is 9.47 Å². The lowest BCUT2D eigenvalue weighted by Crippen LogP contribution is -2.47. The molecule has 4 rings (SSSR count). The van der Waals surface area contributed by atoms with Crippen molar-refractivity contribution < 1.29 is 14.0 Å². The van der Waals surface area contributed by atoms with Crippen LogP contribution in [0.4, 0.5) is 0 Å². The van der Waals surface area contributed by atoms with E-state index in [-0.39, 0.29) is 6.23 Å². The van der Waals surface area contributed by atoms with Crippen molar-refractivity contribution in [3.05, 3.63) is 43.0 Å². The summed E-state index contributed by atoms with van der Waals surface area (Å²) in [6.07, 6.45) is 7.19. The molecule has 1 aliphatic rings. The van der Waals surface area contributed by atoms with Crippen LogP contribution in [0.5, 0.6) is 11.6 Å². The zero-order chi connectivity index (χ0) is 12.7. The van der Waals surface area contributed by atoms with E-state index in [1.807, 2.05) is 35.2 Å². The van der Waals surface area contributed by atoms with Gasteiger partial charge in [0.2, 0.25) is 0 Å². The molecule has 0 amide bonds. The first-order valence-electron chi connectivity index (χ1n) is 5.98. The van der Waals surface area contributed by atoms with Gasteiger partial charge in [-0.25, -0.2) is 4.98 Å². The van der Waals surface area contributed by atoms with Gasteiger partial charge in [0.05, 0.1) is 17.1 Å². The zero-order valence-corrected chi connectivity index (χ0v) is 9.98. The number of aromatic amines is 1. The average Bonchev–Trinajstić information content (AvgIpc) is 2.94. The van der Waals surface area contributed by atoms with E-state index in [0.29, 0.717) is 18.2 Å². The van der Waals surface area contributed by atoms with Crippen LogP contribution in [0, 0.1) is 0 Å². The van der Waals surface area contributed by atoms with E-state index in [0.717, 1.165) is 10.9 Å². The van der Waals surface area contributed by atoms with Crippen molar-refractivity contribution in [3.8, 4) is 11.6 Å². The number of hydrogen-bond donors (Lipinski definition) is 1. The largest absolute Gasteiger partial charge is 0.464 e. The Morgan fingerprint density at radius 3 is 3.37 bits per heavy atom. The summed E-state index contributed by atoms with van der Waals surface area (Å²) in [5, 5.41) is 7.95. The van der Waals surface area contributed by atoms with Crippen LogP contribution in [0.15, 0.2) is 43.0 Å². The smallest absolute Gasteiger partial charge is 0.336 e. The highest BCUT2D eigenvalue weighted by Gasteiger charge is 2.28. The monoisotopic (exact) mass is 255 g/mol. The topological polar surface area (TPSA) is 63.9 Å². The van der Waals surface area contributed by atoms with Gasteiger partial charge in [-0.3, -0.25) is 5.10 Å². The molecule has 6 heteroatoms. The third-order valence-electron chi connectivity index (χ3n) is 3.10. The third-order valence-corrected chi connectivity index (χ3v) is 3.10. The zero-order valence-electron chi connectivity index (χ0n) is 9.98. The van der Waals surface area contributed by atoms with E-state index in [9.17, 15) is 0 Å². The normalized spacial score (nSPS) is 17.6. The lowest BCUT2D eigenvalue weighted by atomic mass is 10.3. The molecule has 3 aromatic heterocycles. The molecule has 3 aromatic rings. The van der Waals surface area contributed by atoms with E-state index < -0.39 is 0 Å². The van der Waals surface area contributed by atoms with Gasteiger partial charge >= 0.3 is 6.23 Å². The summed E-state index contributed by atoms with van der Waals surface area (Å²) in [6, 6.07) is 5.64. The molecule has 1 aliphatic heterocycles. The molecule has 1 atom stereocenters. The van der Waals surface area contributed by atoms with Crippen molar-refractivity contribution >= 4 is 10.9 Å². The van der Waals surface area contributed by atoms with Gasteiger partial charge in [-0.1, -0.05) is 0 Å². The van der Waals surface area contributed by atoms with Crippen LogP contribution in [-0.4, -0.2) is 21.8 Å². The highest BCUT2D eigenvalue weighted by molar-refractivity contribution is 5.75. The number of hydrogen-bond acceptors (Lipinski definition) is 4. The Labute approximate surface area is 108 Å². The summed E-state index contributed by atoms with van der Waals surface area (Å²) in [5.74, 6) is 1.21. The molecule has 0 fully saturated rings. The van der Waals surface area contributed by atoms with Crippen LogP contribution in [0.3, 0.4) is 0 Å². The SMILES string of the molecule is c1cnc2c(c1)OC([n+]1ccc3[nH]ncc3c1)CO2. The van der Waals surface area contributed by atoms with Gasteiger partial charge in [-0.05, 0) is 12.1 Å². The minimum absolute atomic E-state index is 0.198. The molecule has 94 valence electrons. The number of nitrogens with zero attached hydrogens (tertiary/aromatic N) is 3. The number of pyridine rings is 2. The van der Waals surface area contributed by atoms with Crippen molar-refractivity contribution in [3.63, 3.8) is 0 Å². The van der Waals surface area contributed by atoms with Gasteiger partial charge in [-0.2, -0.15) is 9.67 Å². The van der Waals surface area contributed by atoms with Crippen LogP contribution in [0.2, 0.25) is 0 Å². The summed E-state index contributed by atoms with van der Waals surface area (Å²) >= 11 is 0. The standard InChI is InChI=1S/C13H10N4O2/c1-2-11-13(14-4-1)18-8-12(19-11)17-5-3-10-9(7-17)6-15-16-10/h1-7,12H,8H2/p+1. The number of H-pyrrole nitrogens is 1. The van der Waals surface area contributed by atoms with Crippen LogP contribution in [-0.2, 0) is 0 Å². The van der Waals surface area contributed by atoms with Gasteiger partial charge in [-0.15, -0.1) is 0 Å². The first kappa shape index (κ1) is 10.3. The predicted octanol–water partition coefficient (Wildman–Crippen LogP) is 1.22. The van der Waals surface area contributed by atoms with E-state index >= 15 is 0 Å². The second-order valence-electron chi connectivity index (χ2n) is 4.32. The fourth-order valence-electron chi connectivity index (χ4n) is 2.14. The highest BCUT2D eigenvalue weighted by Crippen LogP contribution is 2.30. The van der Waals surface area contributed by atoms with Crippen LogP contribution < -0.4 is 14.0 Å². The lowest BCUT2D eigenvalue weighted by Gasteiger charge is -2.21. The summed E-state index contributed by atoms with van der Waals surface area (Å²) < 4.78 is 13.5. The van der Waals surface area contributed by atoms with E-state index in [1.54, 1.807) is 12.4 Å². The Morgan fingerprint density at radius 2 is 2.37 bits per heavy atom.